The van der Waals surface area contributed by atoms with Crippen LogP contribution in [0.2, 0.25) is 5.02 Å². The normalized spacial score (nSPS) is 15.5. The van der Waals surface area contributed by atoms with Crippen LogP contribution in [0.1, 0.15) is 17.8 Å². The SMILES string of the molecule is O=C(ONC(=Nc1ccc(F)c(Cl)c1)c1nonc1CNS(=O)(=O)CCCN1CCOCC1)C(F)(F)F. The summed E-state index contributed by atoms with van der Waals surface area (Å²) in [5, 5.41) is 6.69. The molecular formula is C19H21ClF4N6O6S. The largest absolute Gasteiger partial charge is 0.493 e. The number of benzene rings is 1. The van der Waals surface area contributed by atoms with Gasteiger partial charge in [0.25, 0.3) is 0 Å². The first-order chi connectivity index (χ1) is 17.4. The molecule has 0 unspecified atom stereocenters. The average Bonchev–Trinajstić information content (AvgIpc) is 3.31. The fourth-order valence-corrected chi connectivity index (χ4v) is 4.20. The highest BCUT2D eigenvalue weighted by Gasteiger charge is 2.42. The van der Waals surface area contributed by atoms with Crippen LogP contribution in [0.3, 0.4) is 0 Å². The van der Waals surface area contributed by atoms with Crippen molar-refractivity contribution in [2.75, 3.05) is 38.6 Å². The van der Waals surface area contributed by atoms with Crippen LogP contribution >= 0.6 is 11.6 Å². The van der Waals surface area contributed by atoms with Crippen LogP contribution < -0.4 is 10.2 Å². The van der Waals surface area contributed by atoms with Crippen LogP contribution in [-0.2, 0) is 30.9 Å². The molecular weight excluding hydrogens is 552 g/mol. The molecule has 0 saturated carbocycles. The number of carbonyl (C=O) groups excluding carboxylic acids is 1. The number of carbonyl (C=O) groups is 1. The number of nitrogens with one attached hydrogen (secondary N) is 2. The molecule has 2 N–H and O–H groups in total. The van der Waals surface area contributed by atoms with Gasteiger partial charge in [-0.3, -0.25) is 4.90 Å². The summed E-state index contributed by atoms with van der Waals surface area (Å²) >= 11 is 5.70. The number of ether oxygens (including phenoxy) is 1. The molecule has 1 aromatic carbocycles. The Morgan fingerprint density at radius 3 is 2.65 bits per heavy atom. The Hall–Kier alpha value is -2.86. The van der Waals surface area contributed by atoms with E-state index >= 15 is 0 Å². The summed E-state index contributed by atoms with van der Waals surface area (Å²) in [5.74, 6) is -4.22. The number of hydroxylamine groups is 1. The second-order valence-electron chi connectivity index (χ2n) is 7.56. The topological polar surface area (TPSA) is 148 Å². The van der Waals surface area contributed by atoms with E-state index in [-0.39, 0.29) is 27.9 Å². The fourth-order valence-electron chi connectivity index (χ4n) is 3.02. The van der Waals surface area contributed by atoms with Crippen molar-refractivity contribution in [2.45, 2.75) is 19.1 Å². The van der Waals surface area contributed by atoms with Crippen molar-refractivity contribution in [3.05, 3.63) is 40.4 Å². The highest BCUT2D eigenvalue weighted by atomic mass is 35.5. The highest BCUT2D eigenvalue weighted by Crippen LogP contribution is 2.23. The van der Waals surface area contributed by atoms with Crippen LogP contribution in [0.25, 0.3) is 0 Å². The minimum atomic E-state index is -5.33. The van der Waals surface area contributed by atoms with Crippen LogP contribution in [0, 0.1) is 5.82 Å². The van der Waals surface area contributed by atoms with Gasteiger partial charge in [0.15, 0.2) is 11.5 Å². The summed E-state index contributed by atoms with van der Waals surface area (Å²) in [6.45, 7) is 2.63. The van der Waals surface area contributed by atoms with E-state index in [4.69, 9.17) is 16.3 Å². The maximum absolute atomic E-state index is 13.5. The summed E-state index contributed by atoms with van der Waals surface area (Å²) in [6, 6.07) is 3.10. The van der Waals surface area contributed by atoms with Crippen molar-refractivity contribution in [3.63, 3.8) is 0 Å². The molecule has 1 fully saturated rings. The Kier molecular flexibility index (Phi) is 9.77. The van der Waals surface area contributed by atoms with Gasteiger partial charge in [0.2, 0.25) is 10.0 Å². The molecule has 1 aromatic heterocycles. The third-order valence-corrected chi connectivity index (χ3v) is 6.55. The van der Waals surface area contributed by atoms with E-state index in [1.165, 1.54) is 0 Å². The van der Waals surface area contributed by atoms with Gasteiger partial charge in [0.05, 0.1) is 36.2 Å². The molecule has 0 radical (unpaired) electrons. The first kappa shape index (κ1) is 28.7. The molecule has 1 aliphatic heterocycles. The second kappa shape index (κ2) is 12.6. The number of amidine groups is 1. The van der Waals surface area contributed by atoms with E-state index in [1.807, 2.05) is 0 Å². The lowest BCUT2D eigenvalue weighted by atomic mass is 10.3. The molecule has 18 heteroatoms. The summed E-state index contributed by atoms with van der Waals surface area (Å²) in [7, 11) is -3.79. The third-order valence-electron chi connectivity index (χ3n) is 4.85. The predicted octanol–water partition coefficient (Wildman–Crippen LogP) is 1.69. The average molecular weight is 573 g/mol. The molecule has 37 heavy (non-hydrogen) atoms. The van der Waals surface area contributed by atoms with Gasteiger partial charge in [0.1, 0.15) is 11.5 Å². The van der Waals surface area contributed by atoms with Gasteiger partial charge in [-0.15, -0.1) is 0 Å². The monoisotopic (exact) mass is 572 g/mol. The smallest absolute Gasteiger partial charge is 0.379 e. The minimum absolute atomic E-state index is 0.0744. The maximum atomic E-state index is 13.5. The number of hydrogen-bond donors (Lipinski definition) is 2. The molecule has 1 saturated heterocycles. The van der Waals surface area contributed by atoms with E-state index < -0.39 is 40.4 Å². The Labute approximate surface area is 212 Å². The Morgan fingerprint density at radius 2 is 1.97 bits per heavy atom. The molecule has 0 amide bonds. The molecule has 2 aromatic rings. The lowest BCUT2D eigenvalue weighted by Crippen LogP contribution is -2.38. The molecule has 1 aliphatic rings. The standard InChI is InChI=1S/C19H21ClF4N6O6S/c20-13-10-12(2-3-14(13)21)26-17(29-35-18(31)19(22,23)24)16-15(27-36-28-16)11-25-37(32,33)9-1-4-30-5-7-34-8-6-30/h2-3,10,25H,1,4-9,11H2,(H,26,29). The van der Waals surface area contributed by atoms with Gasteiger partial charge in [-0.05, 0) is 36.3 Å². The molecule has 0 bridgehead atoms. The number of halogens is 5. The van der Waals surface area contributed by atoms with E-state index in [9.17, 15) is 30.8 Å². The Bertz CT molecular complexity index is 1220. The third kappa shape index (κ3) is 8.89. The number of rotatable bonds is 9. The number of sulfonamides is 1. The van der Waals surface area contributed by atoms with Crippen LogP contribution in [0.4, 0.5) is 23.2 Å². The van der Waals surface area contributed by atoms with Crippen molar-refractivity contribution >= 4 is 39.1 Å². The first-order valence-electron chi connectivity index (χ1n) is 10.6. The minimum Gasteiger partial charge on any atom is -0.379 e. The number of aromatic nitrogens is 2. The highest BCUT2D eigenvalue weighted by molar-refractivity contribution is 7.89. The van der Waals surface area contributed by atoms with Gasteiger partial charge >= 0.3 is 12.1 Å². The molecule has 2 heterocycles. The first-order valence-corrected chi connectivity index (χ1v) is 12.6. The number of alkyl halides is 3. The molecule has 0 spiro atoms. The molecule has 204 valence electrons. The fraction of sp³-hybridized carbons (Fsp3) is 0.474. The number of hydrogen-bond acceptors (Lipinski definition) is 10. The lowest BCUT2D eigenvalue weighted by molar-refractivity contribution is -0.203. The molecule has 3 rings (SSSR count). The summed E-state index contributed by atoms with van der Waals surface area (Å²) in [6.07, 6.45) is -4.99. The maximum Gasteiger partial charge on any atom is 0.493 e. The lowest BCUT2D eigenvalue weighted by Gasteiger charge is -2.26. The van der Waals surface area contributed by atoms with E-state index in [1.54, 1.807) is 5.48 Å². The summed E-state index contributed by atoms with van der Waals surface area (Å²) < 4.78 is 88.1. The van der Waals surface area contributed by atoms with Crippen LogP contribution in [-0.4, -0.2) is 80.2 Å². The predicted molar refractivity (Wildman–Crippen MR) is 120 cm³/mol. The van der Waals surface area contributed by atoms with Crippen molar-refractivity contribution in [2.24, 2.45) is 4.99 Å². The van der Waals surface area contributed by atoms with E-state index in [0.29, 0.717) is 39.3 Å². The zero-order chi connectivity index (χ0) is 27.1. The quantitative estimate of drug-likeness (QED) is 0.197. The summed E-state index contributed by atoms with van der Waals surface area (Å²) in [4.78, 5) is 21.2. The molecule has 12 nitrogen and oxygen atoms in total. The van der Waals surface area contributed by atoms with E-state index in [0.717, 1.165) is 18.2 Å². The van der Waals surface area contributed by atoms with Crippen LogP contribution in [0.15, 0.2) is 27.8 Å². The van der Waals surface area contributed by atoms with Crippen molar-refractivity contribution < 1.29 is 45.0 Å². The number of nitrogens with zero attached hydrogens (tertiary/aromatic N) is 4. The summed E-state index contributed by atoms with van der Waals surface area (Å²) in [5.41, 5.74) is 1.05. The van der Waals surface area contributed by atoms with Crippen molar-refractivity contribution in [1.82, 2.24) is 25.4 Å². The zero-order valence-electron chi connectivity index (χ0n) is 18.9. The molecule has 0 aliphatic carbocycles. The van der Waals surface area contributed by atoms with Gasteiger partial charge in [-0.25, -0.2) is 31.9 Å². The molecule has 0 atom stereocenters. The van der Waals surface area contributed by atoms with Gasteiger partial charge in [-0.2, -0.15) is 18.7 Å². The van der Waals surface area contributed by atoms with Crippen LogP contribution in [0.5, 0.6) is 0 Å². The van der Waals surface area contributed by atoms with Gasteiger partial charge in [-0.1, -0.05) is 16.8 Å². The van der Waals surface area contributed by atoms with Crippen molar-refractivity contribution in [1.29, 1.82) is 0 Å². The van der Waals surface area contributed by atoms with E-state index in [2.05, 4.69) is 34.4 Å². The number of aliphatic imine (C=N–C) groups is 1. The second-order valence-corrected chi connectivity index (χ2v) is 9.89. The Morgan fingerprint density at radius 1 is 1.24 bits per heavy atom. The zero-order valence-corrected chi connectivity index (χ0v) is 20.5. The van der Waals surface area contributed by atoms with Crippen molar-refractivity contribution in [3.8, 4) is 0 Å². The Balaban J connectivity index is 1.72. The van der Waals surface area contributed by atoms with Gasteiger partial charge < -0.3 is 9.57 Å². The van der Waals surface area contributed by atoms with Gasteiger partial charge in [0, 0.05) is 13.1 Å². The number of morpholine rings is 1.